The van der Waals surface area contributed by atoms with Gasteiger partial charge in [0.25, 0.3) is 0 Å². The fraction of sp³-hybridized carbons (Fsp3) is 0.767. The molecule has 0 aromatic heterocycles. The number of carbonyl (C=O) groups is 1. The lowest BCUT2D eigenvalue weighted by Crippen LogP contribution is -2.37. The van der Waals surface area contributed by atoms with Gasteiger partial charge in [0, 0.05) is 39.6 Å². The highest BCUT2D eigenvalue weighted by Crippen LogP contribution is 2.45. The molecule has 5 rings (SSSR count). The van der Waals surface area contributed by atoms with Crippen LogP contribution < -0.4 is 0 Å². The molecular formula is C30H47NO2S2. The molecule has 4 aliphatic rings. The first-order chi connectivity index (χ1) is 16.4. The summed E-state index contributed by atoms with van der Waals surface area (Å²) in [6, 6.07) is 4.45. The second kappa shape index (κ2) is 10.9. The Balaban J connectivity index is 1.46. The maximum Gasteiger partial charge on any atom is 0.232 e. The monoisotopic (exact) mass is 517 g/mol. The molecule has 2 heterocycles. The summed E-state index contributed by atoms with van der Waals surface area (Å²) < 4.78 is 0. The van der Waals surface area contributed by atoms with Crippen molar-refractivity contribution in [3.05, 3.63) is 23.3 Å². The molecule has 2 aliphatic carbocycles. The number of aromatic hydroxyl groups is 1. The second-order valence-corrected chi connectivity index (χ2v) is 15.9. The molecule has 2 atom stereocenters. The van der Waals surface area contributed by atoms with Gasteiger partial charge < -0.3 is 10.0 Å². The molecule has 1 N–H and O–H groups in total. The molecule has 1 aromatic carbocycles. The van der Waals surface area contributed by atoms with Crippen LogP contribution in [0.2, 0.25) is 0 Å². The van der Waals surface area contributed by atoms with Gasteiger partial charge in [0.05, 0.1) is 5.75 Å². The number of phenolic OH excluding ortho intramolecular Hbond substituents is 1. The third-order valence-electron chi connectivity index (χ3n) is 8.33. The van der Waals surface area contributed by atoms with Crippen molar-refractivity contribution in [1.29, 1.82) is 0 Å². The summed E-state index contributed by atoms with van der Waals surface area (Å²) in [5.41, 5.74) is 1.86. The summed E-state index contributed by atoms with van der Waals surface area (Å²) in [5.74, 6) is 2.95. The summed E-state index contributed by atoms with van der Waals surface area (Å²) >= 11 is 3.90. The Morgan fingerprint density at radius 3 is 1.83 bits per heavy atom. The summed E-state index contributed by atoms with van der Waals surface area (Å²) in [7, 11) is 0. The van der Waals surface area contributed by atoms with E-state index in [2.05, 4.69) is 58.6 Å². The third kappa shape index (κ3) is 6.74. The Labute approximate surface area is 222 Å². The number of carbonyl (C=O) groups excluding carboxylic acids is 1. The molecule has 196 valence electrons. The molecule has 5 heteroatoms. The van der Waals surface area contributed by atoms with E-state index in [9.17, 15) is 9.90 Å². The van der Waals surface area contributed by atoms with E-state index in [0.717, 1.165) is 36.1 Å². The smallest absolute Gasteiger partial charge is 0.232 e. The first kappa shape index (κ1) is 27.2. The van der Waals surface area contributed by atoms with Crippen molar-refractivity contribution in [3.63, 3.8) is 0 Å². The molecule has 2 aliphatic heterocycles. The lowest BCUT2D eigenvalue weighted by molar-refractivity contribution is -0.128. The Hall–Kier alpha value is -0.810. The lowest BCUT2D eigenvalue weighted by atomic mass is 9.79. The number of fused-ring (bicyclic) bond motifs is 4. The standard InChI is InChI=1S/C30H47NO2S2/c1-29(2,3)23-15-22(16-24(28(23)33)30(4,5)6)35-26-10-8-7-9-25(26)34-19-27(32)31-17-20-11-12-21(18-31)14-13-20/h15-16,20-21,25-26,33H,7-14,17-19H2,1-6H3/t20?,21?,25-,26?/m0/s1. The van der Waals surface area contributed by atoms with Crippen LogP contribution in [0.1, 0.15) is 104 Å². The average Bonchev–Trinajstić information content (AvgIpc) is 3.12. The van der Waals surface area contributed by atoms with E-state index in [1.807, 2.05) is 23.5 Å². The normalized spacial score (nSPS) is 27.7. The second-order valence-electron chi connectivity index (χ2n) is 13.3. The van der Waals surface area contributed by atoms with E-state index >= 15 is 0 Å². The van der Waals surface area contributed by atoms with Gasteiger partial charge in [-0.05, 0) is 73.3 Å². The minimum Gasteiger partial charge on any atom is -0.507 e. The third-order valence-corrected chi connectivity index (χ3v) is 11.3. The molecule has 2 saturated heterocycles. The molecule has 35 heavy (non-hydrogen) atoms. The van der Waals surface area contributed by atoms with E-state index in [1.54, 1.807) is 0 Å². The first-order valence-electron chi connectivity index (χ1n) is 13.9. The van der Waals surface area contributed by atoms with Gasteiger partial charge in [-0.25, -0.2) is 0 Å². The van der Waals surface area contributed by atoms with Crippen LogP contribution >= 0.6 is 23.5 Å². The van der Waals surface area contributed by atoms with E-state index < -0.39 is 0 Å². The van der Waals surface area contributed by atoms with Crippen LogP contribution in [-0.4, -0.2) is 45.3 Å². The van der Waals surface area contributed by atoms with Crippen LogP contribution in [0.3, 0.4) is 0 Å². The lowest BCUT2D eigenvalue weighted by Gasteiger charge is -2.33. The SMILES string of the molecule is CC(C)(C)c1cc(SC2CCCC[C@@H]2SCC(=O)N2CC3CCC(CC3)C2)cc(C(C)(C)C)c1O. The van der Waals surface area contributed by atoms with Gasteiger partial charge in [-0.2, -0.15) is 0 Å². The number of amides is 1. The summed E-state index contributed by atoms with van der Waals surface area (Å²) in [5, 5.41) is 12.2. The highest BCUT2D eigenvalue weighted by Gasteiger charge is 2.34. The number of benzene rings is 1. The van der Waals surface area contributed by atoms with Gasteiger partial charge in [0.15, 0.2) is 0 Å². The molecule has 2 saturated carbocycles. The largest absolute Gasteiger partial charge is 0.507 e. The van der Waals surface area contributed by atoms with E-state index in [-0.39, 0.29) is 10.8 Å². The molecule has 3 nitrogen and oxygen atoms in total. The van der Waals surface area contributed by atoms with Crippen molar-refractivity contribution in [3.8, 4) is 5.75 Å². The van der Waals surface area contributed by atoms with Crippen LogP contribution in [0.5, 0.6) is 5.75 Å². The Bertz CT molecular complexity index is 844. The molecule has 1 aromatic rings. The number of hydrogen-bond acceptors (Lipinski definition) is 4. The van der Waals surface area contributed by atoms with Gasteiger partial charge in [0.1, 0.15) is 5.75 Å². The van der Waals surface area contributed by atoms with Gasteiger partial charge >= 0.3 is 0 Å². The van der Waals surface area contributed by atoms with Crippen LogP contribution in [0.25, 0.3) is 0 Å². The summed E-state index contributed by atoms with van der Waals surface area (Å²) in [4.78, 5) is 16.7. The molecule has 0 spiro atoms. The Kier molecular flexibility index (Phi) is 8.47. The van der Waals surface area contributed by atoms with E-state index in [4.69, 9.17) is 0 Å². The number of hydrogen-bond donors (Lipinski definition) is 1. The van der Waals surface area contributed by atoms with E-state index in [0.29, 0.717) is 27.9 Å². The quantitative estimate of drug-likeness (QED) is 0.433. The van der Waals surface area contributed by atoms with Crippen molar-refractivity contribution in [2.45, 2.75) is 119 Å². The minimum absolute atomic E-state index is 0.111. The number of nitrogens with zero attached hydrogens (tertiary/aromatic N) is 1. The predicted molar refractivity (Wildman–Crippen MR) is 152 cm³/mol. The Morgan fingerprint density at radius 2 is 1.34 bits per heavy atom. The van der Waals surface area contributed by atoms with Gasteiger partial charge in [0.2, 0.25) is 5.91 Å². The van der Waals surface area contributed by atoms with Gasteiger partial charge in [-0.1, -0.05) is 54.4 Å². The molecule has 0 radical (unpaired) electrons. The van der Waals surface area contributed by atoms with Crippen LogP contribution in [0, 0.1) is 11.8 Å². The van der Waals surface area contributed by atoms with Crippen molar-refractivity contribution in [2.24, 2.45) is 11.8 Å². The minimum atomic E-state index is -0.111. The summed E-state index contributed by atoms with van der Waals surface area (Å²) in [6.07, 6.45) is 10.2. The van der Waals surface area contributed by atoms with Crippen LogP contribution in [0.15, 0.2) is 17.0 Å². The first-order valence-corrected chi connectivity index (χ1v) is 15.8. The molecule has 4 fully saturated rings. The molecule has 1 unspecified atom stereocenters. The number of thioether (sulfide) groups is 2. The topological polar surface area (TPSA) is 40.5 Å². The zero-order valence-corrected chi connectivity index (χ0v) is 24.5. The molecule has 1 amide bonds. The Morgan fingerprint density at radius 1 is 0.857 bits per heavy atom. The zero-order valence-electron chi connectivity index (χ0n) is 22.9. The average molecular weight is 518 g/mol. The summed E-state index contributed by atoms with van der Waals surface area (Å²) in [6.45, 7) is 15.1. The fourth-order valence-corrected chi connectivity index (χ4v) is 9.07. The maximum absolute atomic E-state index is 13.2. The van der Waals surface area contributed by atoms with E-state index in [1.165, 1.54) is 56.3 Å². The van der Waals surface area contributed by atoms with Gasteiger partial charge in [-0.15, -0.1) is 23.5 Å². The fourth-order valence-electron chi connectivity index (χ4n) is 6.15. The van der Waals surface area contributed by atoms with Crippen LogP contribution in [0.4, 0.5) is 0 Å². The van der Waals surface area contributed by atoms with Crippen LogP contribution in [-0.2, 0) is 15.6 Å². The molecule has 2 bridgehead atoms. The van der Waals surface area contributed by atoms with Crippen molar-refractivity contribution < 1.29 is 9.90 Å². The number of rotatable bonds is 5. The highest BCUT2D eigenvalue weighted by atomic mass is 32.2. The van der Waals surface area contributed by atoms with Crippen molar-refractivity contribution in [1.82, 2.24) is 4.90 Å². The predicted octanol–water partition coefficient (Wildman–Crippen LogP) is 7.77. The maximum atomic E-state index is 13.2. The van der Waals surface area contributed by atoms with Crippen molar-refractivity contribution in [2.75, 3.05) is 18.8 Å². The van der Waals surface area contributed by atoms with Gasteiger partial charge in [-0.3, -0.25) is 4.79 Å². The van der Waals surface area contributed by atoms with Crippen molar-refractivity contribution >= 4 is 29.4 Å². The highest BCUT2D eigenvalue weighted by molar-refractivity contribution is 8.04. The molecular weight excluding hydrogens is 470 g/mol. The number of phenols is 1. The zero-order chi connectivity index (χ0) is 25.4.